The molecule has 2 saturated heterocycles. The summed E-state index contributed by atoms with van der Waals surface area (Å²) in [4.78, 5) is 45.9. The van der Waals surface area contributed by atoms with E-state index in [1.54, 1.807) is 12.0 Å². The van der Waals surface area contributed by atoms with Gasteiger partial charge in [-0.3, -0.25) is 14.4 Å². The number of hydrogen-bond donors (Lipinski definition) is 1. The molecule has 4 rings (SSSR count). The Morgan fingerprint density at radius 2 is 1.43 bits per heavy atom. The lowest BCUT2D eigenvalue weighted by atomic mass is 9.85. The zero-order valence-corrected chi connectivity index (χ0v) is 28.3. The average Bonchev–Trinajstić information content (AvgIpc) is 3.34. The van der Waals surface area contributed by atoms with Crippen molar-refractivity contribution in [3.63, 3.8) is 0 Å². The molecule has 2 aliphatic heterocycles. The SMILES string of the molecule is CCCCCCCCCCCCCC(=O)N1CCC2(CC1)C(=O)N(CC(=O)NCCc1ccccc1OC)CN2c1ccccc1. The molecule has 0 aromatic heterocycles. The summed E-state index contributed by atoms with van der Waals surface area (Å²) in [6, 6.07) is 17.8. The van der Waals surface area contributed by atoms with E-state index in [0.29, 0.717) is 52.0 Å². The van der Waals surface area contributed by atoms with Gasteiger partial charge < -0.3 is 24.8 Å². The van der Waals surface area contributed by atoms with E-state index in [1.807, 2.05) is 59.5 Å². The smallest absolute Gasteiger partial charge is 0.250 e. The summed E-state index contributed by atoms with van der Waals surface area (Å²) in [6.45, 7) is 4.21. The van der Waals surface area contributed by atoms with Gasteiger partial charge in [-0.1, -0.05) is 108 Å². The van der Waals surface area contributed by atoms with Crippen LogP contribution in [-0.4, -0.2) is 73.0 Å². The molecule has 1 spiro atoms. The van der Waals surface area contributed by atoms with Crippen LogP contribution < -0.4 is 15.0 Å². The lowest BCUT2D eigenvalue weighted by Crippen LogP contribution is -2.57. The van der Waals surface area contributed by atoms with Crippen LogP contribution in [0.4, 0.5) is 5.69 Å². The molecule has 2 fully saturated rings. The maximum atomic E-state index is 14.0. The number of hydrogen-bond acceptors (Lipinski definition) is 5. The minimum absolute atomic E-state index is 0.0113. The van der Waals surface area contributed by atoms with Crippen molar-refractivity contribution in [3.05, 3.63) is 60.2 Å². The van der Waals surface area contributed by atoms with E-state index in [2.05, 4.69) is 17.1 Å². The monoisotopic (exact) mass is 632 g/mol. The van der Waals surface area contributed by atoms with Gasteiger partial charge in [0, 0.05) is 31.7 Å². The number of methoxy groups -OCH3 is 1. The van der Waals surface area contributed by atoms with Gasteiger partial charge in [-0.2, -0.15) is 0 Å². The summed E-state index contributed by atoms with van der Waals surface area (Å²) < 4.78 is 5.42. The van der Waals surface area contributed by atoms with E-state index < -0.39 is 5.54 Å². The molecule has 2 aromatic carbocycles. The summed E-state index contributed by atoms with van der Waals surface area (Å²) in [7, 11) is 1.64. The maximum Gasteiger partial charge on any atom is 0.250 e. The van der Waals surface area contributed by atoms with Crippen LogP contribution in [0, 0.1) is 0 Å². The Labute approximate surface area is 276 Å². The number of amides is 3. The Balaban J connectivity index is 1.24. The Bertz CT molecular complexity index is 1230. The summed E-state index contributed by atoms with van der Waals surface area (Å²) in [5, 5.41) is 2.99. The first kappa shape index (κ1) is 35.3. The molecular formula is C38H56N4O4. The normalized spacial score (nSPS) is 15.9. The molecule has 0 bridgehead atoms. The number of piperidine rings is 1. The van der Waals surface area contributed by atoms with Crippen molar-refractivity contribution in [2.75, 3.05) is 44.9 Å². The number of para-hydroxylation sites is 2. The molecule has 8 heteroatoms. The highest BCUT2D eigenvalue weighted by Gasteiger charge is 2.54. The topological polar surface area (TPSA) is 82.2 Å². The quantitative estimate of drug-likeness (QED) is 0.174. The van der Waals surface area contributed by atoms with Gasteiger partial charge in [-0.15, -0.1) is 0 Å². The van der Waals surface area contributed by atoms with Gasteiger partial charge in [0.2, 0.25) is 11.8 Å². The largest absolute Gasteiger partial charge is 0.496 e. The Morgan fingerprint density at radius 3 is 2.09 bits per heavy atom. The van der Waals surface area contributed by atoms with E-state index >= 15 is 0 Å². The number of nitrogens with zero attached hydrogens (tertiary/aromatic N) is 3. The van der Waals surface area contributed by atoms with E-state index in [9.17, 15) is 14.4 Å². The van der Waals surface area contributed by atoms with Crippen molar-refractivity contribution in [2.45, 2.75) is 109 Å². The number of likely N-dealkylation sites (tertiary alicyclic amines) is 1. The fraction of sp³-hybridized carbons (Fsp3) is 0.605. The molecule has 2 aliphatic rings. The van der Waals surface area contributed by atoms with Crippen molar-refractivity contribution >= 4 is 23.4 Å². The molecular weight excluding hydrogens is 576 g/mol. The molecule has 0 unspecified atom stereocenters. The zero-order chi connectivity index (χ0) is 32.6. The van der Waals surface area contributed by atoms with Crippen LogP contribution in [0.25, 0.3) is 0 Å². The minimum atomic E-state index is -0.744. The van der Waals surface area contributed by atoms with Crippen molar-refractivity contribution in [1.82, 2.24) is 15.1 Å². The van der Waals surface area contributed by atoms with Gasteiger partial charge >= 0.3 is 0 Å². The highest BCUT2D eigenvalue weighted by atomic mass is 16.5. The van der Waals surface area contributed by atoms with E-state index in [4.69, 9.17) is 4.74 Å². The third kappa shape index (κ3) is 9.73. The number of unbranched alkanes of at least 4 members (excludes halogenated alkanes) is 10. The van der Waals surface area contributed by atoms with Crippen LogP contribution in [0.1, 0.15) is 102 Å². The fourth-order valence-corrected chi connectivity index (χ4v) is 7.02. The first-order chi connectivity index (χ1) is 22.5. The lowest BCUT2D eigenvalue weighted by molar-refractivity contribution is -0.140. The summed E-state index contributed by atoms with van der Waals surface area (Å²) in [5.41, 5.74) is 1.25. The lowest BCUT2D eigenvalue weighted by Gasteiger charge is -2.43. The maximum absolute atomic E-state index is 14.0. The van der Waals surface area contributed by atoms with Gasteiger partial charge in [0.15, 0.2) is 0 Å². The molecule has 0 saturated carbocycles. The van der Waals surface area contributed by atoms with Crippen LogP contribution in [0.5, 0.6) is 5.75 Å². The first-order valence-electron chi connectivity index (χ1n) is 17.8. The van der Waals surface area contributed by atoms with Gasteiger partial charge in [0.05, 0.1) is 13.8 Å². The van der Waals surface area contributed by atoms with Crippen LogP contribution >= 0.6 is 0 Å². The minimum Gasteiger partial charge on any atom is -0.496 e. The number of carbonyl (C=O) groups is 3. The van der Waals surface area contributed by atoms with E-state index in [-0.39, 0.29) is 24.3 Å². The van der Waals surface area contributed by atoms with Gasteiger partial charge in [0.25, 0.3) is 5.91 Å². The fourth-order valence-electron chi connectivity index (χ4n) is 7.02. The second-order valence-electron chi connectivity index (χ2n) is 13.0. The van der Waals surface area contributed by atoms with Gasteiger partial charge in [-0.05, 0) is 49.4 Å². The molecule has 2 aromatic rings. The molecule has 0 radical (unpaired) electrons. The van der Waals surface area contributed by atoms with Crippen LogP contribution in [-0.2, 0) is 20.8 Å². The van der Waals surface area contributed by atoms with Crippen LogP contribution in [0.2, 0.25) is 0 Å². The van der Waals surface area contributed by atoms with Crippen molar-refractivity contribution < 1.29 is 19.1 Å². The number of anilines is 1. The molecule has 8 nitrogen and oxygen atoms in total. The number of nitrogens with one attached hydrogen (secondary N) is 1. The van der Waals surface area contributed by atoms with E-state index in [0.717, 1.165) is 29.8 Å². The molecule has 252 valence electrons. The summed E-state index contributed by atoms with van der Waals surface area (Å²) >= 11 is 0. The second kappa shape index (κ2) is 18.6. The van der Waals surface area contributed by atoms with Gasteiger partial charge in [-0.25, -0.2) is 0 Å². The third-order valence-electron chi connectivity index (χ3n) is 9.76. The predicted molar refractivity (Wildman–Crippen MR) is 185 cm³/mol. The molecule has 3 amide bonds. The van der Waals surface area contributed by atoms with Crippen molar-refractivity contribution in [3.8, 4) is 5.75 Å². The third-order valence-corrected chi connectivity index (χ3v) is 9.76. The second-order valence-corrected chi connectivity index (χ2v) is 13.0. The molecule has 0 aliphatic carbocycles. The number of carbonyl (C=O) groups excluding carboxylic acids is 3. The average molecular weight is 633 g/mol. The summed E-state index contributed by atoms with van der Waals surface area (Å²) in [5.74, 6) is 0.811. The van der Waals surface area contributed by atoms with Crippen molar-refractivity contribution in [1.29, 1.82) is 0 Å². The van der Waals surface area contributed by atoms with Crippen molar-refractivity contribution in [2.24, 2.45) is 0 Å². The Kier molecular flexibility index (Phi) is 14.2. The molecule has 1 N–H and O–H groups in total. The molecule has 2 heterocycles. The Morgan fingerprint density at radius 1 is 0.826 bits per heavy atom. The first-order valence-corrected chi connectivity index (χ1v) is 17.8. The van der Waals surface area contributed by atoms with E-state index in [1.165, 1.54) is 57.8 Å². The number of ether oxygens (including phenoxy) is 1. The van der Waals surface area contributed by atoms with Crippen LogP contribution in [0.15, 0.2) is 54.6 Å². The predicted octanol–water partition coefficient (Wildman–Crippen LogP) is 6.72. The number of rotatable bonds is 19. The number of benzene rings is 2. The highest BCUT2D eigenvalue weighted by molar-refractivity contribution is 5.96. The summed E-state index contributed by atoms with van der Waals surface area (Å²) in [6.07, 6.45) is 16.3. The Hall–Kier alpha value is -3.55. The van der Waals surface area contributed by atoms with Gasteiger partial charge in [0.1, 0.15) is 17.8 Å². The molecule has 0 atom stereocenters. The zero-order valence-electron chi connectivity index (χ0n) is 28.3. The van der Waals surface area contributed by atoms with Crippen LogP contribution in [0.3, 0.4) is 0 Å². The highest BCUT2D eigenvalue weighted by Crippen LogP contribution is 2.39. The molecule has 46 heavy (non-hydrogen) atoms. The standard InChI is InChI=1S/C38H56N4O4/c1-3-4-5-6-7-8-9-10-11-12-16-23-36(44)40-28-25-38(26-29-40)37(45)41(31-42(38)33-20-14-13-15-21-33)30-35(43)39-27-24-32-19-17-18-22-34(32)46-2/h13-15,17-22H,3-12,16,23-31H2,1-2H3,(H,39,43).